The number of rotatable bonds is 4. The van der Waals surface area contributed by atoms with Crippen molar-refractivity contribution in [2.24, 2.45) is 0 Å². The van der Waals surface area contributed by atoms with Crippen molar-refractivity contribution in [2.75, 3.05) is 20.3 Å². The second kappa shape index (κ2) is 7.65. The van der Waals surface area contributed by atoms with Crippen molar-refractivity contribution in [3.63, 3.8) is 0 Å². The molecule has 0 aliphatic carbocycles. The van der Waals surface area contributed by atoms with Gasteiger partial charge in [0.25, 0.3) is 0 Å². The zero-order valence-corrected chi connectivity index (χ0v) is 16.6. The number of ether oxygens (including phenoxy) is 2. The van der Waals surface area contributed by atoms with Crippen LogP contribution in [0.5, 0.6) is 5.75 Å². The first-order chi connectivity index (χ1) is 14.3. The molecule has 3 heterocycles. The first kappa shape index (κ1) is 18.4. The number of benzene rings is 2. The minimum absolute atomic E-state index is 0.183. The Labute approximate surface area is 171 Å². The molecule has 1 N–H and O–H groups in total. The van der Waals surface area contributed by atoms with E-state index in [4.69, 9.17) is 13.9 Å². The molecule has 2 aromatic carbocycles. The van der Waals surface area contributed by atoms with Crippen molar-refractivity contribution >= 4 is 0 Å². The second-order valence-electron chi connectivity index (χ2n) is 8.00. The van der Waals surface area contributed by atoms with Gasteiger partial charge < -0.3 is 19.2 Å². The van der Waals surface area contributed by atoms with E-state index in [-0.39, 0.29) is 17.6 Å². The van der Waals surface area contributed by atoms with Crippen LogP contribution in [0.3, 0.4) is 0 Å². The van der Waals surface area contributed by atoms with Crippen LogP contribution in [0.15, 0.2) is 65.5 Å². The lowest BCUT2D eigenvalue weighted by molar-refractivity contribution is -0.0484. The van der Waals surface area contributed by atoms with Crippen molar-refractivity contribution in [2.45, 2.75) is 36.8 Å². The predicted octanol–water partition coefficient (Wildman–Crippen LogP) is 4.72. The van der Waals surface area contributed by atoms with Crippen molar-refractivity contribution in [3.8, 4) is 17.1 Å². The number of aromatic nitrogens is 1. The molecule has 0 amide bonds. The van der Waals surface area contributed by atoms with Gasteiger partial charge in [-0.15, -0.1) is 0 Å². The Morgan fingerprint density at radius 3 is 2.86 bits per heavy atom. The molecule has 2 aliphatic rings. The first-order valence-electron chi connectivity index (χ1n) is 10.3. The number of nitrogens with one attached hydrogen (secondary N) is 1. The fourth-order valence-electron chi connectivity index (χ4n) is 4.97. The summed E-state index contributed by atoms with van der Waals surface area (Å²) in [5.41, 5.74) is 3.31. The smallest absolute Gasteiger partial charge is 0.181 e. The Bertz CT molecular complexity index is 958. The summed E-state index contributed by atoms with van der Waals surface area (Å²) in [5, 5.41) is 3.72. The highest BCUT2D eigenvalue weighted by molar-refractivity contribution is 5.60. The molecule has 5 rings (SSSR count). The van der Waals surface area contributed by atoms with Gasteiger partial charge in [0.1, 0.15) is 5.75 Å². The number of oxazole rings is 1. The molecule has 0 bridgehead atoms. The maximum atomic E-state index is 6.59. The van der Waals surface area contributed by atoms with Gasteiger partial charge in [-0.3, -0.25) is 0 Å². The van der Waals surface area contributed by atoms with Gasteiger partial charge >= 0.3 is 0 Å². The van der Waals surface area contributed by atoms with E-state index in [2.05, 4.69) is 46.7 Å². The van der Waals surface area contributed by atoms with E-state index in [0.717, 1.165) is 42.9 Å². The average molecular weight is 390 g/mol. The van der Waals surface area contributed by atoms with Gasteiger partial charge in [0, 0.05) is 17.0 Å². The molecule has 2 aliphatic heterocycles. The highest BCUT2D eigenvalue weighted by Crippen LogP contribution is 2.49. The van der Waals surface area contributed by atoms with Gasteiger partial charge in [0.05, 0.1) is 31.6 Å². The van der Waals surface area contributed by atoms with Crippen molar-refractivity contribution < 1.29 is 13.9 Å². The van der Waals surface area contributed by atoms with E-state index in [1.54, 1.807) is 13.3 Å². The molecular weight excluding hydrogens is 364 g/mol. The molecule has 2 saturated heterocycles. The SMILES string of the molecule is COc1ccc(-c2cnco2)cc1[C@H]1CO[C@]2(CCCN[C@H]2c2ccccc2)C1. The topological polar surface area (TPSA) is 56.5 Å². The summed E-state index contributed by atoms with van der Waals surface area (Å²) >= 11 is 0. The number of piperidine rings is 1. The van der Waals surface area contributed by atoms with Crippen LogP contribution in [-0.4, -0.2) is 30.8 Å². The molecule has 2 fully saturated rings. The first-order valence-corrected chi connectivity index (χ1v) is 10.3. The molecule has 0 radical (unpaired) electrons. The summed E-state index contributed by atoms with van der Waals surface area (Å²) < 4.78 is 17.8. The van der Waals surface area contributed by atoms with E-state index in [1.165, 1.54) is 17.5 Å². The van der Waals surface area contributed by atoms with Gasteiger partial charge in [-0.05, 0) is 49.6 Å². The Balaban J connectivity index is 1.47. The van der Waals surface area contributed by atoms with Crippen molar-refractivity contribution in [1.82, 2.24) is 10.3 Å². The van der Waals surface area contributed by atoms with Gasteiger partial charge in [0.2, 0.25) is 0 Å². The van der Waals surface area contributed by atoms with Crippen molar-refractivity contribution in [1.29, 1.82) is 0 Å². The number of methoxy groups -OCH3 is 1. The zero-order chi connectivity index (χ0) is 19.7. The molecule has 0 unspecified atom stereocenters. The third-order valence-corrected chi connectivity index (χ3v) is 6.33. The fourth-order valence-corrected chi connectivity index (χ4v) is 4.97. The standard InChI is InChI=1S/C24H26N2O3/c1-27-21-9-8-18(22-14-25-16-28-22)12-20(21)19-13-24(29-15-19)10-5-11-26-23(24)17-6-3-2-4-7-17/h2-4,6-9,12,14,16,19,23,26H,5,10-11,13,15H2,1H3/t19-,23+,24-/m1/s1. The Kier molecular flexibility index (Phi) is 4.86. The quantitative estimate of drug-likeness (QED) is 0.699. The molecule has 3 aromatic rings. The van der Waals surface area contributed by atoms with Gasteiger partial charge in [-0.2, -0.15) is 0 Å². The van der Waals surface area contributed by atoms with Gasteiger partial charge in [0.15, 0.2) is 12.2 Å². The zero-order valence-electron chi connectivity index (χ0n) is 16.6. The molecule has 1 aromatic heterocycles. The average Bonchev–Trinajstić information content (AvgIpc) is 3.45. The van der Waals surface area contributed by atoms with E-state index in [9.17, 15) is 0 Å². The summed E-state index contributed by atoms with van der Waals surface area (Å²) in [4.78, 5) is 4.05. The summed E-state index contributed by atoms with van der Waals surface area (Å²) in [5.74, 6) is 1.95. The van der Waals surface area contributed by atoms with Crippen LogP contribution in [0, 0.1) is 0 Å². The highest BCUT2D eigenvalue weighted by atomic mass is 16.5. The number of hydrogen-bond acceptors (Lipinski definition) is 5. The minimum atomic E-state index is -0.183. The van der Waals surface area contributed by atoms with E-state index in [0.29, 0.717) is 6.61 Å². The Morgan fingerprint density at radius 1 is 1.17 bits per heavy atom. The van der Waals surface area contributed by atoms with Crippen LogP contribution >= 0.6 is 0 Å². The molecule has 5 heteroatoms. The fraction of sp³-hybridized carbons (Fsp3) is 0.375. The predicted molar refractivity (Wildman–Crippen MR) is 111 cm³/mol. The van der Waals surface area contributed by atoms with Crippen LogP contribution in [0.25, 0.3) is 11.3 Å². The lowest BCUT2D eigenvalue weighted by atomic mass is 9.76. The summed E-state index contributed by atoms with van der Waals surface area (Å²) in [7, 11) is 1.73. The number of nitrogens with zero attached hydrogens (tertiary/aromatic N) is 1. The van der Waals surface area contributed by atoms with E-state index in [1.807, 2.05) is 12.1 Å². The molecule has 5 nitrogen and oxygen atoms in total. The molecule has 150 valence electrons. The Hall–Kier alpha value is -2.63. The maximum absolute atomic E-state index is 6.59. The molecule has 1 spiro atoms. The van der Waals surface area contributed by atoms with E-state index < -0.39 is 0 Å². The van der Waals surface area contributed by atoms with Crippen LogP contribution < -0.4 is 10.1 Å². The lowest BCUT2D eigenvalue weighted by Gasteiger charge is -2.41. The van der Waals surface area contributed by atoms with Crippen LogP contribution in [0.1, 0.15) is 42.3 Å². The summed E-state index contributed by atoms with van der Waals surface area (Å²) in [6, 6.07) is 17.1. The molecule has 3 atom stereocenters. The monoisotopic (exact) mass is 390 g/mol. The summed E-state index contributed by atoms with van der Waals surface area (Å²) in [6.45, 7) is 1.72. The maximum Gasteiger partial charge on any atom is 0.181 e. The largest absolute Gasteiger partial charge is 0.496 e. The normalized spacial score (nSPS) is 26.7. The molecule has 29 heavy (non-hydrogen) atoms. The van der Waals surface area contributed by atoms with Gasteiger partial charge in [-0.1, -0.05) is 30.3 Å². The third-order valence-electron chi connectivity index (χ3n) is 6.33. The van der Waals surface area contributed by atoms with Crippen molar-refractivity contribution in [3.05, 3.63) is 72.2 Å². The Morgan fingerprint density at radius 2 is 2.07 bits per heavy atom. The second-order valence-corrected chi connectivity index (χ2v) is 8.00. The molecule has 0 saturated carbocycles. The molecular formula is C24H26N2O3. The highest BCUT2D eigenvalue weighted by Gasteiger charge is 2.49. The van der Waals surface area contributed by atoms with Crippen LogP contribution in [0.2, 0.25) is 0 Å². The number of hydrogen-bond donors (Lipinski definition) is 1. The van der Waals surface area contributed by atoms with Crippen LogP contribution in [0.4, 0.5) is 0 Å². The van der Waals surface area contributed by atoms with E-state index >= 15 is 0 Å². The van der Waals surface area contributed by atoms with Gasteiger partial charge in [-0.25, -0.2) is 4.98 Å². The lowest BCUT2D eigenvalue weighted by Crippen LogP contribution is -2.48. The van der Waals surface area contributed by atoms with Crippen LogP contribution in [-0.2, 0) is 4.74 Å². The summed E-state index contributed by atoms with van der Waals surface area (Å²) in [6.07, 6.45) is 6.38. The minimum Gasteiger partial charge on any atom is -0.496 e. The third kappa shape index (κ3) is 3.34.